The molecule has 0 atom stereocenters. The van der Waals surface area contributed by atoms with Crippen molar-refractivity contribution in [2.24, 2.45) is 5.84 Å². The van der Waals surface area contributed by atoms with Gasteiger partial charge in [0.05, 0.1) is 5.60 Å². The van der Waals surface area contributed by atoms with Gasteiger partial charge in [0.2, 0.25) is 0 Å². The third-order valence-electron chi connectivity index (χ3n) is 2.59. The van der Waals surface area contributed by atoms with E-state index in [0.29, 0.717) is 5.56 Å². The van der Waals surface area contributed by atoms with Gasteiger partial charge in [0, 0.05) is 24.8 Å². The second-order valence-electron chi connectivity index (χ2n) is 5.15. The number of hydrogen-bond acceptors (Lipinski definition) is 4. The number of aliphatic hydroxyl groups is 1. The molecule has 0 saturated carbocycles. The molecule has 0 saturated heterocycles. The quantitative estimate of drug-likeness (QED) is 0.553. The topological polar surface area (TPSA) is 78.6 Å². The minimum absolute atomic E-state index is 0.113. The van der Waals surface area contributed by atoms with Gasteiger partial charge in [-0.25, -0.2) is 0 Å². The smallest absolute Gasteiger partial charge is 0.253 e. The van der Waals surface area contributed by atoms with Crippen molar-refractivity contribution in [3.8, 4) is 0 Å². The summed E-state index contributed by atoms with van der Waals surface area (Å²) in [6.45, 7) is 5.48. The van der Waals surface area contributed by atoms with Crippen molar-refractivity contribution in [1.29, 1.82) is 0 Å². The fourth-order valence-corrected chi connectivity index (χ4v) is 1.85. The minimum Gasteiger partial charge on any atom is -0.389 e. The number of benzene rings is 1. The summed E-state index contributed by atoms with van der Waals surface area (Å²) in [5.74, 6) is 5.20. The molecule has 1 rings (SSSR count). The lowest BCUT2D eigenvalue weighted by molar-refractivity contribution is 0.0367. The van der Waals surface area contributed by atoms with Crippen molar-refractivity contribution in [2.45, 2.75) is 26.4 Å². The third-order valence-corrected chi connectivity index (χ3v) is 2.59. The van der Waals surface area contributed by atoms with Crippen LogP contribution in [0.2, 0.25) is 0 Å². The van der Waals surface area contributed by atoms with Gasteiger partial charge in [0.25, 0.3) is 5.91 Å². The van der Waals surface area contributed by atoms with E-state index in [0.717, 1.165) is 11.3 Å². The standard InChI is InChI=1S/C13H21N3O2/c1-9-7-10(15-14)5-6-11(9)12(17)16(4)8-13(2,3)18/h5-7,15,18H,8,14H2,1-4H3. The number of likely N-dealkylation sites (N-methyl/N-ethyl adjacent to an activating group) is 1. The molecule has 0 bridgehead atoms. The van der Waals surface area contributed by atoms with Crippen molar-refractivity contribution in [3.63, 3.8) is 0 Å². The summed E-state index contributed by atoms with van der Waals surface area (Å²) in [7, 11) is 1.68. The van der Waals surface area contributed by atoms with Gasteiger partial charge in [-0.2, -0.15) is 0 Å². The van der Waals surface area contributed by atoms with Crippen LogP contribution in [0.15, 0.2) is 18.2 Å². The van der Waals surface area contributed by atoms with E-state index in [1.54, 1.807) is 33.0 Å². The van der Waals surface area contributed by atoms with Crippen molar-refractivity contribution in [1.82, 2.24) is 4.90 Å². The molecule has 4 N–H and O–H groups in total. The Balaban J connectivity index is 2.90. The first kappa shape index (κ1) is 14.5. The molecular weight excluding hydrogens is 230 g/mol. The summed E-state index contributed by atoms with van der Waals surface area (Å²) >= 11 is 0. The SMILES string of the molecule is Cc1cc(NN)ccc1C(=O)N(C)CC(C)(C)O. The summed E-state index contributed by atoms with van der Waals surface area (Å²) in [5.41, 5.74) is 3.85. The van der Waals surface area contributed by atoms with Gasteiger partial charge < -0.3 is 15.4 Å². The maximum Gasteiger partial charge on any atom is 0.253 e. The lowest BCUT2D eigenvalue weighted by Crippen LogP contribution is -2.39. The zero-order valence-electron chi connectivity index (χ0n) is 11.3. The fraction of sp³-hybridized carbons (Fsp3) is 0.462. The molecule has 0 spiro atoms. The zero-order chi connectivity index (χ0) is 13.9. The Hall–Kier alpha value is -1.59. The van der Waals surface area contributed by atoms with E-state index < -0.39 is 5.60 Å². The van der Waals surface area contributed by atoms with Gasteiger partial charge >= 0.3 is 0 Å². The number of nitrogens with zero attached hydrogens (tertiary/aromatic N) is 1. The molecule has 0 fully saturated rings. The van der Waals surface area contributed by atoms with E-state index in [1.807, 2.05) is 13.0 Å². The van der Waals surface area contributed by atoms with Crippen LogP contribution < -0.4 is 11.3 Å². The monoisotopic (exact) mass is 251 g/mol. The molecule has 1 amide bonds. The van der Waals surface area contributed by atoms with E-state index in [-0.39, 0.29) is 12.5 Å². The summed E-state index contributed by atoms with van der Waals surface area (Å²) in [6.07, 6.45) is 0. The molecule has 0 unspecified atom stereocenters. The van der Waals surface area contributed by atoms with Crippen LogP contribution in [-0.2, 0) is 0 Å². The lowest BCUT2D eigenvalue weighted by atomic mass is 10.1. The van der Waals surface area contributed by atoms with Crippen LogP contribution in [0.3, 0.4) is 0 Å². The number of anilines is 1. The van der Waals surface area contributed by atoms with E-state index in [9.17, 15) is 9.90 Å². The Kier molecular flexibility index (Phi) is 4.32. The average molecular weight is 251 g/mol. The second kappa shape index (κ2) is 5.37. The predicted molar refractivity (Wildman–Crippen MR) is 72.2 cm³/mol. The van der Waals surface area contributed by atoms with Crippen LogP contribution in [0.5, 0.6) is 0 Å². The van der Waals surface area contributed by atoms with E-state index >= 15 is 0 Å². The highest BCUT2D eigenvalue weighted by Crippen LogP contribution is 2.16. The molecule has 0 aliphatic carbocycles. The van der Waals surface area contributed by atoms with Crippen LogP contribution in [0.1, 0.15) is 29.8 Å². The van der Waals surface area contributed by atoms with Crippen LogP contribution in [0.4, 0.5) is 5.69 Å². The molecular formula is C13H21N3O2. The highest BCUT2D eigenvalue weighted by molar-refractivity contribution is 5.96. The Morgan fingerprint density at radius 3 is 2.56 bits per heavy atom. The minimum atomic E-state index is -0.906. The third kappa shape index (κ3) is 3.72. The fourth-order valence-electron chi connectivity index (χ4n) is 1.85. The predicted octanol–water partition coefficient (Wildman–Crippen LogP) is 1.12. The average Bonchev–Trinajstić information content (AvgIpc) is 2.25. The van der Waals surface area contributed by atoms with Crippen molar-refractivity contribution in [2.75, 3.05) is 19.0 Å². The molecule has 1 aromatic rings. The molecule has 0 aromatic heterocycles. The summed E-state index contributed by atoms with van der Waals surface area (Å²) < 4.78 is 0. The van der Waals surface area contributed by atoms with Gasteiger partial charge in [-0.3, -0.25) is 10.6 Å². The normalized spacial score (nSPS) is 11.2. The molecule has 0 aliphatic heterocycles. The largest absolute Gasteiger partial charge is 0.389 e. The van der Waals surface area contributed by atoms with E-state index in [4.69, 9.17) is 5.84 Å². The summed E-state index contributed by atoms with van der Waals surface area (Å²) in [4.78, 5) is 13.7. The Bertz CT molecular complexity index is 438. The lowest BCUT2D eigenvalue weighted by Gasteiger charge is -2.26. The van der Waals surface area contributed by atoms with Crippen LogP contribution in [0.25, 0.3) is 0 Å². The molecule has 0 radical (unpaired) electrons. The number of nitrogens with one attached hydrogen (secondary N) is 1. The highest BCUT2D eigenvalue weighted by Gasteiger charge is 2.21. The molecule has 0 heterocycles. The number of amides is 1. The Morgan fingerprint density at radius 2 is 2.11 bits per heavy atom. The highest BCUT2D eigenvalue weighted by atomic mass is 16.3. The number of nitrogens with two attached hydrogens (primary N) is 1. The number of rotatable bonds is 4. The van der Waals surface area contributed by atoms with Crippen LogP contribution in [-0.4, -0.2) is 35.1 Å². The molecule has 18 heavy (non-hydrogen) atoms. The van der Waals surface area contributed by atoms with E-state index in [2.05, 4.69) is 5.43 Å². The van der Waals surface area contributed by atoms with E-state index in [1.165, 1.54) is 4.90 Å². The second-order valence-corrected chi connectivity index (χ2v) is 5.15. The Morgan fingerprint density at radius 1 is 1.50 bits per heavy atom. The number of hydrazine groups is 1. The van der Waals surface area contributed by atoms with Crippen molar-refractivity contribution < 1.29 is 9.90 Å². The number of aryl methyl sites for hydroxylation is 1. The van der Waals surface area contributed by atoms with Crippen LogP contribution >= 0.6 is 0 Å². The maximum absolute atomic E-state index is 12.2. The van der Waals surface area contributed by atoms with Gasteiger partial charge in [-0.15, -0.1) is 0 Å². The molecule has 5 nitrogen and oxygen atoms in total. The van der Waals surface area contributed by atoms with Crippen molar-refractivity contribution in [3.05, 3.63) is 29.3 Å². The molecule has 0 aliphatic rings. The first-order valence-corrected chi connectivity index (χ1v) is 5.80. The number of nitrogen functional groups attached to an aromatic ring is 1. The van der Waals surface area contributed by atoms with Gasteiger partial charge in [-0.05, 0) is 44.5 Å². The molecule has 100 valence electrons. The van der Waals surface area contributed by atoms with Crippen LogP contribution in [0, 0.1) is 6.92 Å². The molecule has 1 aromatic carbocycles. The summed E-state index contributed by atoms with van der Waals surface area (Å²) in [6, 6.07) is 5.29. The maximum atomic E-state index is 12.2. The number of hydrogen-bond donors (Lipinski definition) is 3. The zero-order valence-corrected chi connectivity index (χ0v) is 11.3. The van der Waals surface area contributed by atoms with Crippen molar-refractivity contribution >= 4 is 11.6 Å². The first-order valence-electron chi connectivity index (χ1n) is 5.80. The first-order chi connectivity index (χ1) is 8.24. The Labute approximate surface area is 108 Å². The molecule has 5 heteroatoms. The summed E-state index contributed by atoms with van der Waals surface area (Å²) in [5, 5.41) is 9.71. The van der Waals surface area contributed by atoms with Gasteiger partial charge in [0.1, 0.15) is 0 Å². The van der Waals surface area contributed by atoms with Gasteiger partial charge in [-0.1, -0.05) is 0 Å². The number of carbonyl (C=O) groups is 1. The van der Waals surface area contributed by atoms with Gasteiger partial charge in [0.15, 0.2) is 0 Å². The number of carbonyl (C=O) groups excluding carboxylic acids is 1.